The van der Waals surface area contributed by atoms with Crippen molar-refractivity contribution in [2.75, 3.05) is 0 Å². The van der Waals surface area contributed by atoms with E-state index >= 15 is 0 Å². The molecule has 2 fully saturated rings. The first kappa shape index (κ1) is 17.6. The van der Waals surface area contributed by atoms with Gasteiger partial charge in [-0.1, -0.05) is 12.1 Å². The molecule has 1 unspecified atom stereocenters. The van der Waals surface area contributed by atoms with Crippen molar-refractivity contribution >= 4 is 29.5 Å². The van der Waals surface area contributed by atoms with Gasteiger partial charge in [-0.05, 0) is 31.5 Å². The van der Waals surface area contributed by atoms with Crippen LogP contribution in [0.5, 0.6) is 5.75 Å². The quantitative estimate of drug-likeness (QED) is 0.335. The van der Waals surface area contributed by atoms with Gasteiger partial charge < -0.3 is 26.2 Å². The standard InChI is InChI=1S/C16H19N3O5S/c1-16(2)11(15(23)24)19-13(22)10(14(19)25-16)18-12(21)9(17)7-3-5-8(20)6-4-7/h3-6,9-11,14,20H,17H2,1-2H3,(H,18,21)(H,23,24)/t9?,10-,11+,14-/m1/s1/i9+1,12+1,17+1. The molecule has 4 atom stereocenters. The Morgan fingerprint density at radius 1 is 1.32 bits per heavy atom. The molecule has 8 nitrogen and oxygen atoms in total. The van der Waals surface area contributed by atoms with E-state index in [-0.39, 0.29) is 5.75 Å². The van der Waals surface area contributed by atoms with Crippen molar-refractivity contribution in [2.45, 2.75) is 42.1 Å². The molecule has 2 amide bonds. The number of nitrogens with zero attached hydrogens (tertiary/aromatic N) is 1. The summed E-state index contributed by atoms with van der Waals surface area (Å²) >= 11 is 1.35. The number of hydrogen-bond donors (Lipinski definition) is 4. The lowest BCUT2D eigenvalue weighted by Gasteiger charge is -2.43. The fourth-order valence-electron chi connectivity index (χ4n) is 3.22. The number of carbonyl (C=O) groups excluding carboxylic acids is 2. The Kier molecular flexibility index (Phi) is 4.16. The Bertz CT molecular complexity index is 736. The second-order valence-electron chi connectivity index (χ2n) is 6.65. The number of rotatable bonds is 4. The van der Waals surface area contributed by atoms with Crippen LogP contribution in [0.3, 0.4) is 0 Å². The molecule has 0 aliphatic carbocycles. The maximum absolute atomic E-state index is 12.3. The summed E-state index contributed by atoms with van der Waals surface area (Å²) < 4.78 is -0.648. The molecule has 1 aromatic carbocycles. The number of carboxylic acid groups (broad SMARTS) is 1. The molecule has 0 spiro atoms. The molecule has 134 valence electrons. The lowest BCUT2D eigenvalue weighted by Crippen LogP contribution is -2.71. The van der Waals surface area contributed by atoms with Gasteiger partial charge in [-0.25, -0.2) is 4.79 Å². The Morgan fingerprint density at radius 3 is 2.48 bits per heavy atom. The number of carbonyl (C=O) groups is 3. The van der Waals surface area contributed by atoms with Crippen molar-refractivity contribution in [3.8, 4) is 5.75 Å². The van der Waals surface area contributed by atoms with E-state index in [4.69, 9.17) is 5.73 Å². The molecule has 1 aromatic rings. The summed E-state index contributed by atoms with van der Waals surface area (Å²) in [5, 5.41) is 20.9. The third kappa shape index (κ3) is 2.83. The smallest absolute Gasteiger partial charge is 0.327 e. The summed E-state index contributed by atoms with van der Waals surface area (Å²) in [6.45, 7) is 3.53. The van der Waals surface area contributed by atoms with E-state index in [1.165, 1.54) is 40.9 Å². The van der Waals surface area contributed by atoms with Crippen molar-refractivity contribution in [2.24, 2.45) is 5.73 Å². The van der Waals surface area contributed by atoms with Crippen LogP contribution in [0, 0.1) is 0 Å². The van der Waals surface area contributed by atoms with Crippen LogP contribution in [-0.4, -0.2) is 55.1 Å². The first-order valence-electron chi connectivity index (χ1n) is 7.71. The van der Waals surface area contributed by atoms with Crippen molar-refractivity contribution < 1.29 is 24.6 Å². The Labute approximate surface area is 148 Å². The molecule has 2 aliphatic heterocycles. The first-order chi connectivity index (χ1) is 11.6. The highest BCUT2D eigenvalue weighted by molar-refractivity contribution is 8.01. The SMILES string of the molecule is CC1(C)S[C@@H]2[C@H](N[13C](=O)[13CH]([15NH2])c3ccc(O)cc3)C(=O)N2[C@H]1C(=O)O. The largest absolute Gasteiger partial charge is 0.508 e. The maximum atomic E-state index is 12.3. The van der Waals surface area contributed by atoms with E-state index in [0.717, 1.165) is 0 Å². The number of carboxylic acids is 1. The summed E-state index contributed by atoms with van der Waals surface area (Å²) in [4.78, 5) is 37.5. The lowest BCUT2D eigenvalue weighted by molar-refractivity contribution is -0.161. The topological polar surface area (TPSA) is 133 Å². The predicted octanol–water partition coefficient (Wildman–Crippen LogP) is 0.0237. The molecule has 3 rings (SSSR count). The van der Waals surface area contributed by atoms with Crippen LogP contribution >= 0.6 is 11.8 Å². The molecule has 0 radical (unpaired) electrons. The number of phenolic OH excluding ortho intramolecular Hbond substituents is 1. The summed E-state index contributed by atoms with van der Waals surface area (Å²) in [6, 6.07) is 3.21. The van der Waals surface area contributed by atoms with Gasteiger partial charge in [0.2, 0.25) is 11.8 Å². The van der Waals surface area contributed by atoms with Gasteiger partial charge in [-0.3, -0.25) is 9.59 Å². The predicted molar refractivity (Wildman–Crippen MR) is 90.7 cm³/mol. The summed E-state index contributed by atoms with van der Waals surface area (Å²) in [5.41, 5.74) is 6.41. The maximum Gasteiger partial charge on any atom is 0.327 e. The number of nitrogens with one attached hydrogen (secondary N) is 1. The average Bonchev–Trinajstić information content (AvgIpc) is 2.80. The minimum atomic E-state index is -1.06. The van der Waals surface area contributed by atoms with Crippen molar-refractivity contribution in [1.82, 2.24) is 10.2 Å². The Balaban J connectivity index is 1.70. The number of aliphatic carboxylic acids is 1. The van der Waals surface area contributed by atoms with Gasteiger partial charge in [0.25, 0.3) is 0 Å². The van der Waals surface area contributed by atoms with Crippen LogP contribution in [-0.2, 0) is 14.4 Å². The molecule has 0 saturated carbocycles. The van der Waals surface area contributed by atoms with Gasteiger partial charge in [-0.2, -0.15) is 0 Å². The normalized spacial score (nSPS) is 28.0. The molecule has 9 heteroatoms. The number of fused-ring (bicyclic) bond motifs is 1. The second-order valence-corrected chi connectivity index (χ2v) is 8.42. The molecule has 25 heavy (non-hydrogen) atoms. The fourth-order valence-corrected chi connectivity index (χ4v) is 4.85. The van der Waals surface area contributed by atoms with Crippen LogP contribution in [0.4, 0.5) is 0 Å². The highest BCUT2D eigenvalue weighted by Crippen LogP contribution is 2.50. The molecule has 0 aromatic heterocycles. The van der Waals surface area contributed by atoms with Crippen molar-refractivity contribution in [1.29, 1.82) is 0 Å². The van der Waals surface area contributed by atoms with E-state index in [1.54, 1.807) is 13.8 Å². The second kappa shape index (κ2) is 5.92. The zero-order valence-electron chi connectivity index (χ0n) is 13.7. The number of amides is 2. The number of thioether (sulfide) groups is 1. The molecule has 0 bridgehead atoms. The molecule has 2 saturated heterocycles. The van der Waals surface area contributed by atoms with Gasteiger partial charge in [-0.15, -0.1) is 11.8 Å². The van der Waals surface area contributed by atoms with Crippen LogP contribution in [0.2, 0.25) is 0 Å². The number of β-lactam (4-membered cyclic amide) rings is 1. The van der Waals surface area contributed by atoms with Gasteiger partial charge in [0.05, 0.1) is 0 Å². The monoisotopic (exact) mass is 368 g/mol. The zero-order valence-corrected chi connectivity index (χ0v) is 14.5. The summed E-state index contributed by atoms with van der Waals surface area (Å²) in [5.74, 6) is -1.94. The number of benzene rings is 1. The molecule has 5 N–H and O–H groups in total. The van der Waals surface area contributed by atoms with Crippen molar-refractivity contribution in [3.63, 3.8) is 0 Å². The fraction of sp³-hybridized carbons (Fsp3) is 0.438. The molecular weight excluding hydrogens is 349 g/mol. The molecule has 2 aliphatic rings. The van der Waals surface area contributed by atoms with E-state index < -0.39 is 46.0 Å². The van der Waals surface area contributed by atoms with Gasteiger partial charge in [0.1, 0.15) is 29.2 Å². The lowest BCUT2D eigenvalue weighted by atomic mass is 9.96. The molecular formula is C16H19N3O5S. The Morgan fingerprint density at radius 2 is 1.92 bits per heavy atom. The highest BCUT2D eigenvalue weighted by atomic mass is 32.2. The minimum Gasteiger partial charge on any atom is -0.508 e. The summed E-state index contributed by atoms with van der Waals surface area (Å²) in [6.07, 6.45) is 0. The van der Waals surface area contributed by atoms with E-state index in [0.29, 0.717) is 5.56 Å². The van der Waals surface area contributed by atoms with Crippen LogP contribution < -0.4 is 11.1 Å². The third-order valence-electron chi connectivity index (χ3n) is 4.51. The number of aromatic hydroxyl groups is 1. The van der Waals surface area contributed by atoms with Crippen molar-refractivity contribution in [3.05, 3.63) is 29.8 Å². The molecule has 2 heterocycles. The Hall–Kier alpha value is -2.26. The van der Waals surface area contributed by atoms with Gasteiger partial charge in [0.15, 0.2) is 0 Å². The minimum absolute atomic E-state index is 0.0606. The number of nitrogens with two attached hydrogens (primary N) is 1. The highest BCUT2D eigenvalue weighted by Gasteiger charge is 2.64. The number of hydrogen-bond acceptors (Lipinski definition) is 6. The van der Waals surface area contributed by atoms with Crippen LogP contribution in [0.1, 0.15) is 25.5 Å². The van der Waals surface area contributed by atoms with Crippen LogP contribution in [0.25, 0.3) is 0 Å². The van der Waals surface area contributed by atoms with Crippen LogP contribution in [0.15, 0.2) is 24.3 Å². The third-order valence-corrected chi connectivity index (χ3v) is 6.08. The average molecular weight is 368 g/mol. The first-order valence-corrected chi connectivity index (χ1v) is 8.59. The zero-order chi connectivity index (χ0) is 18.5. The van der Waals surface area contributed by atoms with Gasteiger partial charge >= 0.3 is 5.97 Å². The summed E-state index contributed by atoms with van der Waals surface area (Å²) in [7, 11) is 0. The van der Waals surface area contributed by atoms with Gasteiger partial charge in [0, 0.05) is 4.75 Å². The van der Waals surface area contributed by atoms with E-state index in [1.807, 2.05) is 0 Å². The van der Waals surface area contributed by atoms with E-state index in [2.05, 4.69) is 5.32 Å². The van der Waals surface area contributed by atoms with E-state index in [9.17, 15) is 24.6 Å². The number of phenols is 1.